The van der Waals surface area contributed by atoms with Gasteiger partial charge in [0.1, 0.15) is 11.6 Å². The van der Waals surface area contributed by atoms with Gasteiger partial charge in [-0.3, -0.25) is 14.3 Å². The van der Waals surface area contributed by atoms with Crippen LogP contribution in [0.5, 0.6) is 0 Å². The molecule has 0 atom stereocenters. The smallest absolute Gasteiger partial charge is 0.298 e. The number of hydrogen-bond acceptors (Lipinski definition) is 5. The van der Waals surface area contributed by atoms with Crippen molar-refractivity contribution in [1.29, 1.82) is 5.26 Å². The molecule has 8 nitrogen and oxygen atoms in total. The van der Waals surface area contributed by atoms with Gasteiger partial charge in [0, 0.05) is 12.7 Å². The second kappa shape index (κ2) is 4.30. The zero-order valence-electron chi connectivity index (χ0n) is 8.00. The van der Waals surface area contributed by atoms with Crippen LogP contribution in [-0.4, -0.2) is 23.7 Å². The number of aromatic amines is 1. The largest absolute Gasteiger partial charge is 0.328 e. The lowest BCUT2D eigenvalue weighted by atomic mass is 10.4. The molecule has 16 heavy (non-hydrogen) atoms. The van der Waals surface area contributed by atoms with Crippen LogP contribution >= 0.6 is 0 Å². The van der Waals surface area contributed by atoms with Gasteiger partial charge in [0.25, 0.3) is 5.56 Å². The van der Waals surface area contributed by atoms with Gasteiger partial charge < -0.3 is 0 Å². The summed E-state index contributed by atoms with van der Waals surface area (Å²) in [6.45, 7) is -0.219. The number of rotatable bonds is 3. The monoisotopic (exact) mass is 244 g/mol. The van der Waals surface area contributed by atoms with Crippen molar-refractivity contribution in [2.75, 3.05) is 5.75 Å². The van der Waals surface area contributed by atoms with Crippen LogP contribution in [0.2, 0.25) is 0 Å². The first-order valence-corrected chi connectivity index (χ1v) is 5.79. The summed E-state index contributed by atoms with van der Waals surface area (Å²) in [6, 6.07) is 1.58. The van der Waals surface area contributed by atoms with Crippen molar-refractivity contribution in [3.8, 4) is 6.07 Å². The van der Waals surface area contributed by atoms with E-state index in [0.29, 0.717) is 0 Å². The maximum Gasteiger partial charge on any atom is 0.328 e. The van der Waals surface area contributed by atoms with Gasteiger partial charge in [-0.25, -0.2) is 18.4 Å². The second-order valence-corrected chi connectivity index (χ2v) is 4.71. The van der Waals surface area contributed by atoms with Crippen molar-refractivity contribution in [1.82, 2.24) is 9.55 Å². The second-order valence-electron chi connectivity index (χ2n) is 2.97. The average Bonchev–Trinajstić information content (AvgIpc) is 2.15. The van der Waals surface area contributed by atoms with Crippen molar-refractivity contribution in [2.45, 2.75) is 6.54 Å². The van der Waals surface area contributed by atoms with Gasteiger partial charge in [-0.2, -0.15) is 5.26 Å². The highest BCUT2D eigenvalue weighted by Gasteiger charge is 2.07. The Morgan fingerprint density at radius 3 is 2.62 bits per heavy atom. The van der Waals surface area contributed by atoms with Crippen molar-refractivity contribution >= 4 is 10.0 Å². The normalized spacial score (nSPS) is 11.0. The number of H-pyrrole nitrogens is 1. The van der Waals surface area contributed by atoms with Gasteiger partial charge in [0.2, 0.25) is 10.0 Å². The fourth-order valence-corrected chi connectivity index (χ4v) is 1.43. The molecule has 0 amide bonds. The summed E-state index contributed by atoms with van der Waals surface area (Å²) >= 11 is 0. The van der Waals surface area contributed by atoms with E-state index in [-0.39, 0.29) is 12.1 Å². The Kier molecular flexibility index (Phi) is 3.26. The summed E-state index contributed by atoms with van der Waals surface area (Å²) in [7, 11) is -3.70. The third-order valence-electron chi connectivity index (χ3n) is 1.75. The van der Waals surface area contributed by atoms with Gasteiger partial charge >= 0.3 is 5.69 Å². The van der Waals surface area contributed by atoms with Gasteiger partial charge in [-0.15, -0.1) is 0 Å². The molecule has 0 spiro atoms. The molecular formula is C7H8N4O4S. The van der Waals surface area contributed by atoms with Crippen molar-refractivity contribution < 1.29 is 8.42 Å². The van der Waals surface area contributed by atoms with E-state index in [1.54, 1.807) is 6.07 Å². The summed E-state index contributed by atoms with van der Waals surface area (Å²) in [6.07, 6.45) is 0.992. The number of nitrogens with zero attached hydrogens (tertiary/aromatic N) is 2. The van der Waals surface area contributed by atoms with Crippen molar-refractivity contribution in [2.24, 2.45) is 5.14 Å². The van der Waals surface area contributed by atoms with Crippen LogP contribution in [0.3, 0.4) is 0 Å². The van der Waals surface area contributed by atoms with E-state index in [2.05, 4.69) is 0 Å². The Morgan fingerprint density at radius 2 is 2.12 bits per heavy atom. The van der Waals surface area contributed by atoms with Crippen LogP contribution < -0.4 is 16.4 Å². The van der Waals surface area contributed by atoms with E-state index in [0.717, 1.165) is 10.8 Å². The van der Waals surface area contributed by atoms with Crippen molar-refractivity contribution in [3.05, 3.63) is 32.6 Å². The molecule has 1 aromatic heterocycles. The Hall–Kier alpha value is -1.92. The zero-order chi connectivity index (χ0) is 12.3. The number of primary sulfonamides is 1. The number of hydrogen-bond donors (Lipinski definition) is 2. The van der Waals surface area contributed by atoms with E-state index in [1.165, 1.54) is 0 Å². The van der Waals surface area contributed by atoms with E-state index in [9.17, 15) is 18.0 Å². The lowest BCUT2D eigenvalue weighted by Gasteiger charge is -2.03. The van der Waals surface area contributed by atoms with Crippen LogP contribution in [0.15, 0.2) is 15.8 Å². The quantitative estimate of drug-likeness (QED) is 0.615. The Bertz CT molecular complexity index is 648. The number of aryl methyl sites for hydroxylation is 1. The number of nitrogens with one attached hydrogen (secondary N) is 1. The molecular weight excluding hydrogens is 236 g/mol. The lowest BCUT2D eigenvalue weighted by Crippen LogP contribution is -2.33. The van der Waals surface area contributed by atoms with Crippen LogP contribution in [0, 0.1) is 11.3 Å². The molecule has 9 heteroatoms. The SMILES string of the molecule is N#Cc1cn(CCS(N)(=O)=O)c(=O)[nH]c1=O. The molecule has 3 N–H and O–H groups in total. The first-order valence-electron chi connectivity index (χ1n) is 4.08. The van der Waals surface area contributed by atoms with E-state index in [1.807, 2.05) is 4.98 Å². The summed E-state index contributed by atoms with van der Waals surface area (Å²) in [5.74, 6) is -0.455. The summed E-state index contributed by atoms with van der Waals surface area (Å²) in [5.41, 5.74) is -1.86. The first kappa shape index (κ1) is 12.2. The van der Waals surface area contributed by atoms with Crippen LogP contribution in [0.1, 0.15) is 5.56 Å². The minimum Gasteiger partial charge on any atom is -0.298 e. The highest BCUT2D eigenvalue weighted by molar-refractivity contribution is 7.89. The highest BCUT2D eigenvalue weighted by atomic mass is 32.2. The third-order valence-corrected chi connectivity index (χ3v) is 2.50. The number of nitriles is 1. The Balaban J connectivity index is 3.12. The molecule has 86 valence electrons. The van der Waals surface area contributed by atoms with Gasteiger partial charge in [0.05, 0.1) is 5.75 Å². The van der Waals surface area contributed by atoms with Gasteiger partial charge in [-0.1, -0.05) is 0 Å². The predicted molar refractivity (Wildman–Crippen MR) is 54.0 cm³/mol. The maximum absolute atomic E-state index is 11.2. The molecule has 1 rings (SSSR count). The fourth-order valence-electron chi connectivity index (χ4n) is 0.981. The minimum absolute atomic E-state index is 0.219. The van der Waals surface area contributed by atoms with Gasteiger partial charge in [0.15, 0.2) is 0 Å². The highest BCUT2D eigenvalue weighted by Crippen LogP contribution is 1.87. The van der Waals surface area contributed by atoms with Gasteiger partial charge in [-0.05, 0) is 0 Å². The summed E-state index contributed by atoms with van der Waals surface area (Å²) in [4.78, 5) is 24.1. The number of sulfonamides is 1. The summed E-state index contributed by atoms with van der Waals surface area (Å²) < 4.78 is 22.2. The number of aromatic nitrogens is 2. The Morgan fingerprint density at radius 1 is 1.50 bits per heavy atom. The minimum atomic E-state index is -3.70. The topological polar surface area (TPSA) is 139 Å². The summed E-state index contributed by atoms with van der Waals surface area (Å²) in [5, 5.41) is 13.3. The third kappa shape index (κ3) is 3.04. The molecule has 0 saturated carbocycles. The van der Waals surface area contributed by atoms with E-state index < -0.39 is 27.0 Å². The average molecular weight is 244 g/mol. The lowest BCUT2D eigenvalue weighted by molar-refractivity contribution is 0.587. The van der Waals surface area contributed by atoms with E-state index in [4.69, 9.17) is 10.4 Å². The van der Waals surface area contributed by atoms with Crippen LogP contribution in [-0.2, 0) is 16.6 Å². The van der Waals surface area contributed by atoms with Crippen LogP contribution in [0.4, 0.5) is 0 Å². The molecule has 0 aliphatic rings. The predicted octanol–water partition coefficient (Wildman–Crippen LogP) is -2.30. The molecule has 0 aromatic carbocycles. The van der Waals surface area contributed by atoms with Crippen LogP contribution in [0.25, 0.3) is 0 Å². The first-order chi connectivity index (χ1) is 7.33. The molecule has 1 aromatic rings. The Labute approximate surface area is 90.0 Å². The molecule has 1 heterocycles. The molecule has 0 saturated heterocycles. The number of nitrogens with two attached hydrogens (primary N) is 1. The standard InChI is InChI=1S/C7H8N4O4S/c8-3-5-4-11(1-2-16(9,14)15)7(13)10-6(5)12/h4H,1-2H2,(H2,9,14,15)(H,10,12,13). The van der Waals surface area contributed by atoms with Crippen molar-refractivity contribution in [3.63, 3.8) is 0 Å². The zero-order valence-corrected chi connectivity index (χ0v) is 8.82. The molecule has 0 bridgehead atoms. The molecule has 0 fully saturated rings. The van der Waals surface area contributed by atoms with E-state index >= 15 is 0 Å². The molecule has 0 radical (unpaired) electrons. The molecule has 0 aliphatic carbocycles. The molecule has 0 aliphatic heterocycles. The maximum atomic E-state index is 11.2. The fraction of sp³-hybridized carbons (Fsp3) is 0.286. The molecule has 0 unspecified atom stereocenters.